The van der Waals surface area contributed by atoms with E-state index in [0.29, 0.717) is 0 Å². The summed E-state index contributed by atoms with van der Waals surface area (Å²) in [5, 5.41) is 8.30. The van der Waals surface area contributed by atoms with Gasteiger partial charge in [-0.3, -0.25) is 4.79 Å². The van der Waals surface area contributed by atoms with Crippen LogP contribution >= 0.6 is 27.3 Å². The summed E-state index contributed by atoms with van der Waals surface area (Å²) in [6.07, 6.45) is 0. The number of carbonyl (C=O) groups is 1. The van der Waals surface area contributed by atoms with Gasteiger partial charge in [0.1, 0.15) is 0 Å². The highest BCUT2D eigenvalue weighted by Gasteiger charge is 2.03. The fourth-order valence-corrected chi connectivity index (χ4v) is 3.17. The number of rotatable bonds is 5. The molecule has 0 atom stereocenters. The molecule has 0 aliphatic heterocycles. The van der Waals surface area contributed by atoms with Gasteiger partial charge in [-0.05, 0) is 33.6 Å². The number of para-hydroxylation sites is 1. The van der Waals surface area contributed by atoms with Crippen LogP contribution in [-0.2, 0) is 17.9 Å². The number of nitrogens with one attached hydrogen (secondary N) is 2. The van der Waals surface area contributed by atoms with Crippen LogP contribution in [0.15, 0.2) is 40.2 Å². The Balaban J connectivity index is 1.93. The van der Waals surface area contributed by atoms with Crippen LogP contribution in [0.3, 0.4) is 0 Å². The predicted octanol–water partition coefficient (Wildman–Crippen LogP) is 3.76. The Kier molecular flexibility index (Phi) is 5.13. The van der Waals surface area contributed by atoms with Gasteiger partial charge in [-0.2, -0.15) is 0 Å². The van der Waals surface area contributed by atoms with Crippen molar-refractivity contribution in [2.24, 2.45) is 0 Å². The molecule has 2 N–H and O–H groups in total. The molecule has 0 radical (unpaired) electrons. The van der Waals surface area contributed by atoms with Crippen LogP contribution in [0.25, 0.3) is 0 Å². The summed E-state index contributed by atoms with van der Waals surface area (Å²) in [5.41, 5.74) is 1.96. The molecule has 0 fully saturated rings. The van der Waals surface area contributed by atoms with Crippen LogP contribution in [0, 0.1) is 0 Å². The van der Waals surface area contributed by atoms with Crippen molar-refractivity contribution in [3.8, 4) is 0 Å². The first-order valence-electron chi connectivity index (χ1n) is 5.94. The zero-order valence-corrected chi connectivity index (χ0v) is 13.0. The topological polar surface area (TPSA) is 41.1 Å². The Bertz CT molecular complexity index is 568. The van der Waals surface area contributed by atoms with E-state index < -0.39 is 0 Å². The van der Waals surface area contributed by atoms with Gasteiger partial charge in [-0.25, -0.2) is 0 Å². The highest BCUT2D eigenvalue weighted by atomic mass is 79.9. The maximum atomic E-state index is 11.1. The number of hydrogen-bond donors (Lipinski definition) is 2. The van der Waals surface area contributed by atoms with E-state index >= 15 is 0 Å². The standard InChI is InChI=1S/C14H15BrN2OS/c1-10(18)17-14-5-3-2-4-11(14)7-16-8-13-6-12(15)9-19-13/h2-6,9,16H,7-8H2,1H3,(H,17,18). The van der Waals surface area contributed by atoms with Gasteiger partial charge in [-0.15, -0.1) is 11.3 Å². The van der Waals surface area contributed by atoms with Gasteiger partial charge < -0.3 is 10.6 Å². The van der Waals surface area contributed by atoms with Gasteiger partial charge >= 0.3 is 0 Å². The smallest absolute Gasteiger partial charge is 0.221 e. The minimum atomic E-state index is -0.0466. The summed E-state index contributed by atoms with van der Waals surface area (Å²) in [4.78, 5) is 12.4. The average molecular weight is 339 g/mol. The van der Waals surface area contributed by atoms with Gasteiger partial charge in [0, 0.05) is 40.4 Å². The van der Waals surface area contributed by atoms with E-state index in [2.05, 4.69) is 38.0 Å². The van der Waals surface area contributed by atoms with E-state index in [1.165, 1.54) is 11.8 Å². The fourth-order valence-electron chi connectivity index (χ4n) is 1.75. The fraction of sp³-hybridized carbons (Fsp3) is 0.214. The molecule has 2 aromatic rings. The lowest BCUT2D eigenvalue weighted by molar-refractivity contribution is -0.114. The van der Waals surface area contributed by atoms with Gasteiger partial charge in [0.15, 0.2) is 0 Å². The molecule has 1 aromatic carbocycles. The molecule has 0 saturated heterocycles. The second-order valence-corrected chi connectivity index (χ2v) is 6.08. The zero-order valence-electron chi connectivity index (χ0n) is 10.6. The van der Waals surface area contributed by atoms with Gasteiger partial charge in [0.2, 0.25) is 5.91 Å². The largest absolute Gasteiger partial charge is 0.326 e. The molecule has 3 nitrogen and oxygen atoms in total. The Morgan fingerprint density at radius 2 is 2.11 bits per heavy atom. The summed E-state index contributed by atoms with van der Waals surface area (Å²) in [7, 11) is 0. The molecule has 0 unspecified atom stereocenters. The van der Waals surface area contributed by atoms with Crippen LogP contribution in [0.5, 0.6) is 0 Å². The number of halogens is 1. The molecule has 2 rings (SSSR count). The van der Waals surface area contributed by atoms with Gasteiger partial charge in [0.25, 0.3) is 0 Å². The first kappa shape index (κ1) is 14.2. The van der Waals surface area contributed by atoms with Crippen molar-refractivity contribution >= 4 is 38.9 Å². The van der Waals surface area contributed by atoms with Crippen molar-refractivity contribution in [3.63, 3.8) is 0 Å². The van der Waals surface area contributed by atoms with E-state index in [-0.39, 0.29) is 5.91 Å². The van der Waals surface area contributed by atoms with Crippen molar-refractivity contribution in [1.29, 1.82) is 0 Å². The van der Waals surface area contributed by atoms with E-state index in [1.54, 1.807) is 11.3 Å². The Hall–Kier alpha value is -1.17. The summed E-state index contributed by atoms with van der Waals surface area (Å²) in [5.74, 6) is -0.0466. The number of benzene rings is 1. The number of hydrogen-bond acceptors (Lipinski definition) is 3. The van der Waals surface area contributed by atoms with Gasteiger partial charge in [-0.1, -0.05) is 18.2 Å². The molecular weight excluding hydrogens is 324 g/mol. The van der Waals surface area contributed by atoms with Crippen molar-refractivity contribution in [3.05, 3.63) is 50.6 Å². The number of anilines is 1. The molecular formula is C14H15BrN2OS. The van der Waals surface area contributed by atoms with Crippen molar-refractivity contribution in [1.82, 2.24) is 5.32 Å². The Morgan fingerprint density at radius 1 is 1.32 bits per heavy atom. The van der Waals surface area contributed by atoms with E-state index in [9.17, 15) is 4.79 Å². The normalized spacial score (nSPS) is 10.4. The quantitative estimate of drug-likeness (QED) is 0.871. The van der Waals surface area contributed by atoms with Crippen LogP contribution < -0.4 is 10.6 Å². The third-order valence-corrected chi connectivity index (χ3v) is 4.26. The molecule has 100 valence electrons. The highest BCUT2D eigenvalue weighted by molar-refractivity contribution is 9.10. The molecule has 0 aliphatic carbocycles. The van der Waals surface area contributed by atoms with Crippen LogP contribution in [0.4, 0.5) is 5.69 Å². The lowest BCUT2D eigenvalue weighted by atomic mass is 10.1. The number of amides is 1. The second kappa shape index (κ2) is 6.84. The van der Waals surface area contributed by atoms with E-state index in [1.807, 2.05) is 24.3 Å². The summed E-state index contributed by atoms with van der Waals surface area (Å²) in [6, 6.07) is 9.94. The van der Waals surface area contributed by atoms with Crippen molar-refractivity contribution in [2.75, 3.05) is 5.32 Å². The molecule has 19 heavy (non-hydrogen) atoms. The average Bonchev–Trinajstić information content (AvgIpc) is 2.77. The minimum Gasteiger partial charge on any atom is -0.326 e. The molecule has 0 aliphatic rings. The summed E-state index contributed by atoms with van der Waals surface area (Å²) in [6.45, 7) is 3.07. The van der Waals surface area contributed by atoms with Crippen LogP contribution in [0.1, 0.15) is 17.4 Å². The molecule has 1 heterocycles. The van der Waals surface area contributed by atoms with Crippen LogP contribution in [-0.4, -0.2) is 5.91 Å². The molecule has 5 heteroatoms. The van der Waals surface area contributed by atoms with Crippen molar-refractivity contribution < 1.29 is 4.79 Å². The molecule has 1 amide bonds. The predicted molar refractivity (Wildman–Crippen MR) is 83.3 cm³/mol. The molecule has 0 spiro atoms. The molecule has 0 bridgehead atoms. The third kappa shape index (κ3) is 4.45. The second-order valence-electron chi connectivity index (χ2n) is 4.17. The van der Waals surface area contributed by atoms with Gasteiger partial charge in [0.05, 0.1) is 0 Å². The maximum Gasteiger partial charge on any atom is 0.221 e. The minimum absolute atomic E-state index is 0.0466. The van der Waals surface area contributed by atoms with Crippen LogP contribution in [0.2, 0.25) is 0 Å². The lowest BCUT2D eigenvalue weighted by Gasteiger charge is -2.10. The first-order chi connectivity index (χ1) is 9.15. The highest BCUT2D eigenvalue weighted by Crippen LogP contribution is 2.20. The lowest BCUT2D eigenvalue weighted by Crippen LogP contribution is -2.15. The Labute approximate surface area is 125 Å². The monoisotopic (exact) mass is 338 g/mol. The molecule has 0 saturated carbocycles. The van der Waals surface area contributed by atoms with E-state index in [4.69, 9.17) is 0 Å². The Morgan fingerprint density at radius 3 is 2.79 bits per heavy atom. The third-order valence-electron chi connectivity index (χ3n) is 2.56. The summed E-state index contributed by atoms with van der Waals surface area (Å²) >= 11 is 5.16. The number of thiophene rings is 1. The zero-order chi connectivity index (χ0) is 13.7. The number of carbonyl (C=O) groups excluding carboxylic acids is 1. The first-order valence-corrected chi connectivity index (χ1v) is 7.61. The van der Waals surface area contributed by atoms with Crippen molar-refractivity contribution in [2.45, 2.75) is 20.0 Å². The SMILES string of the molecule is CC(=O)Nc1ccccc1CNCc1cc(Br)cs1. The van der Waals surface area contributed by atoms with E-state index in [0.717, 1.165) is 28.8 Å². The summed E-state index contributed by atoms with van der Waals surface area (Å²) < 4.78 is 1.12. The molecule has 1 aromatic heterocycles. The maximum absolute atomic E-state index is 11.1.